The van der Waals surface area contributed by atoms with Gasteiger partial charge in [0.25, 0.3) is 0 Å². The molecule has 0 radical (unpaired) electrons. The first kappa shape index (κ1) is 16.6. The van der Waals surface area contributed by atoms with Gasteiger partial charge in [-0.15, -0.1) is 0 Å². The van der Waals surface area contributed by atoms with Crippen LogP contribution in [0.1, 0.15) is 37.6 Å². The zero-order chi connectivity index (χ0) is 16.9. The molecule has 22 heavy (non-hydrogen) atoms. The summed E-state index contributed by atoms with van der Waals surface area (Å²) in [5, 5.41) is 0.0790. The van der Waals surface area contributed by atoms with Gasteiger partial charge in [0.15, 0.2) is 0 Å². The molecule has 0 aliphatic rings. The average molecular weight is 321 g/mol. The van der Waals surface area contributed by atoms with Gasteiger partial charge in [0, 0.05) is 5.39 Å². The van der Waals surface area contributed by atoms with E-state index in [1.54, 1.807) is 20.8 Å². The largest absolute Gasteiger partial charge is 0.433 e. The minimum absolute atomic E-state index is 0.0790. The van der Waals surface area contributed by atoms with Crippen LogP contribution in [0, 0.1) is 0 Å². The fourth-order valence-corrected chi connectivity index (χ4v) is 2.24. The third-order valence-corrected chi connectivity index (χ3v) is 3.24. The smallest absolute Gasteiger partial charge is 0.243 e. The van der Waals surface area contributed by atoms with E-state index < -0.39 is 34.5 Å². The molecular formula is C15H13F6N. The molecule has 7 heteroatoms. The number of rotatable bonds is 0. The van der Waals surface area contributed by atoms with Gasteiger partial charge in [-0.3, -0.25) is 0 Å². The molecule has 0 amide bonds. The number of pyridine rings is 1. The van der Waals surface area contributed by atoms with Crippen LogP contribution in [0.4, 0.5) is 26.3 Å². The highest BCUT2D eigenvalue weighted by atomic mass is 19.4. The van der Waals surface area contributed by atoms with Crippen molar-refractivity contribution in [3.63, 3.8) is 0 Å². The Hall–Kier alpha value is -1.79. The van der Waals surface area contributed by atoms with Crippen LogP contribution < -0.4 is 0 Å². The molecule has 0 saturated carbocycles. The number of hydrogen-bond acceptors (Lipinski definition) is 1. The highest BCUT2D eigenvalue weighted by molar-refractivity contribution is 5.86. The van der Waals surface area contributed by atoms with Crippen molar-refractivity contribution < 1.29 is 26.3 Å². The molecule has 0 saturated heterocycles. The Balaban J connectivity index is 2.96. The van der Waals surface area contributed by atoms with Gasteiger partial charge >= 0.3 is 12.4 Å². The Bertz CT molecular complexity index is 707. The van der Waals surface area contributed by atoms with Gasteiger partial charge in [0.2, 0.25) is 0 Å². The standard InChI is InChI=1S/C15H13F6N/c1-13(2,3)10-7-11(15(19,20)21)22-12-8(10)5-4-6-9(12)14(16,17)18/h4-7H,1-3H3. The molecule has 1 aromatic heterocycles. The van der Waals surface area contributed by atoms with Gasteiger partial charge in [-0.1, -0.05) is 32.9 Å². The average Bonchev–Trinajstić information content (AvgIpc) is 2.33. The normalized spacial score (nSPS) is 13.7. The molecule has 0 fully saturated rings. The van der Waals surface area contributed by atoms with E-state index in [9.17, 15) is 26.3 Å². The quantitative estimate of drug-likeness (QED) is 0.578. The van der Waals surface area contributed by atoms with E-state index in [1.807, 2.05) is 0 Å². The van der Waals surface area contributed by atoms with E-state index in [-0.39, 0.29) is 10.9 Å². The summed E-state index contributed by atoms with van der Waals surface area (Å²) >= 11 is 0. The van der Waals surface area contributed by atoms with Gasteiger partial charge in [0.05, 0.1) is 11.1 Å². The summed E-state index contributed by atoms with van der Waals surface area (Å²) in [6, 6.07) is 4.10. The molecule has 0 atom stereocenters. The molecule has 0 N–H and O–H groups in total. The fraction of sp³-hybridized carbons (Fsp3) is 0.400. The van der Waals surface area contributed by atoms with Crippen molar-refractivity contribution in [2.24, 2.45) is 0 Å². The van der Waals surface area contributed by atoms with E-state index in [0.29, 0.717) is 0 Å². The first-order chi connectivity index (χ1) is 9.82. The molecule has 0 aliphatic carbocycles. The summed E-state index contributed by atoms with van der Waals surface area (Å²) in [6.07, 6.45) is -9.58. The topological polar surface area (TPSA) is 12.9 Å². The fourth-order valence-electron chi connectivity index (χ4n) is 2.24. The number of alkyl halides is 6. The van der Waals surface area contributed by atoms with E-state index in [0.717, 1.165) is 12.1 Å². The van der Waals surface area contributed by atoms with Gasteiger partial charge in [-0.25, -0.2) is 4.98 Å². The maximum absolute atomic E-state index is 13.1. The molecule has 0 unspecified atom stereocenters. The lowest BCUT2D eigenvalue weighted by Gasteiger charge is -2.23. The summed E-state index contributed by atoms with van der Waals surface area (Å²) < 4.78 is 78.1. The van der Waals surface area contributed by atoms with Gasteiger partial charge in [-0.05, 0) is 23.1 Å². The predicted molar refractivity (Wildman–Crippen MR) is 70.4 cm³/mol. The van der Waals surface area contributed by atoms with E-state index in [2.05, 4.69) is 4.98 Å². The second-order valence-corrected chi connectivity index (χ2v) is 6.00. The minimum atomic E-state index is -4.81. The molecule has 2 rings (SSSR count). The second-order valence-electron chi connectivity index (χ2n) is 6.00. The third kappa shape index (κ3) is 3.03. The van der Waals surface area contributed by atoms with Crippen molar-refractivity contribution in [2.45, 2.75) is 38.5 Å². The lowest BCUT2D eigenvalue weighted by molar-refractivity contribution is -0.142. The SMILES string of the molecule is CC(C)(C)c1cc(C(F)(F)F)nc2c(C(F)(F)F)cccc12. The maximum atomic E-state index is 13.1. The summed E-state index contributed by atoms with van der Waals surface area (Å²) in [4.78, 5) is 3.24. The highest BCUT2D eigenvalue weighted by Crippen LogP contribution is 2.40. The number of halogens is 6. The van der Waals surface area contributed by atoms with Crippen molar-refractivity contribution in [1.29, 1.82) is 0 Å². The van der Waals surface area contributed by atoms with Crippen LogP contribution in [0.2, 0.25) is 0 Å². The van der Waals surface area contributed by atoms with Crippen molar-refractivity contribution in [3.05, 3.63) is 41.1 Å². The summed E-state index contributed by atoms with van der Waals surface area (Å²) in [7, 11) is 0. The maximum Gasteiger partial charge on any atom is 0.433 e. The van der Waals surface area contributed by atoms with Crippen LogP contribution in [0.3, 0.4) is 0 Å². The molecule has 0 spiro atoms. The number of fused-ring (bicyclic) bond motifs is 1. The molecule has 120 valence electrons. The van der Waals surface area contributed by atoms with Gasteiger partial charge in [-0.2, -0.15) is 26.3 Å². The molecule has 1 nitrogen and oxygen atoms in total. The molecule has 1 heterocycles. The number of para-hydroxylation sites is 1. The molecular weight excluding hydrogens is 308 g/mol. The van der Waals surface area contributed by atoms with E-state index in [1.165, 1.54) is 12.1 Å². The molecule has 2 aromatic rings. The van der Waals surface area contributed by atoms with Crippen molar-refractivity contribution in [2.75, 3.05) is 0 Å². The van der Waals surface area contributed by atoms with E-state index in [4.69, 9.17) is 0 Å². The van der Waals surface area contributed by atoms with Crippen LogP contribution >= 0.6 is 0 Å². The molecule has 0 bridgehead atoms. The Morgan fingerprint density at radius 3 is 1.86 bits per heavy atom. The zero-order valence-corrected chi connectivity index (χ0v) is 12.0. The summed E-state index contributed by atoms with van der Waals surface area (Å²) in [5.74, 6) is 0. The van der Waals surface area contributed by atoms with Crippen LogP contribution in [0.5, 0.6) is 0 Å². The molecule has 0 aliphatic heterocycles. The van der Waals surface area contributed by atoms with Crippen molar-refractivity contribution >= 4 is 10.9 Å². The van der Waals surface area contributed by atoms with Crippen molar-refractivity contribution in [1.82, 2.24) is 4.98 Å². The van der Waals surface area contributed by atoms with E-state index >= 15 is 0 Å². The first-order valence-corrected chi connectivity index (χ1v) is 6.40. The number of nitrogens with zero attached hydrogens (tertiary/aromatic N) is 1. The number of aromatic nitrogens is 1. The predicted octanol–water partition coefficient (Wildman–Crippen LogP) is 5.57. The van der Waals surface area contributed by atoms with Crippen LogP contribution in [-0.2, 0) is 17.8 Å². The van der Waals surface area contributed by atoms with Crippen LogP contribution in [0.15, 0.2) is 24.3 Å². The Morgan fingerprint density at radius 2 is 1.41 bits per heavy atom. The third-order valence-electron chi connectivity index (χ3n) is 3.24. The van der Waals surface area contributed by atoms with Crippen LogP contribution in [0.25, 0.3) is 10.9 Å². The van der Waals surface area contributed by atoms with Gasteiger partial charge in [0.1, 0.15) is 5.69 Å². The lowest BCUT2D eigenvalue weighted by atomic mass is 9.84. The minimum Gasteiger partial charge on any atom is -0.243 e. The summed E-state index contributed by atoms with van der Waals surface area (Å²) in [5.41, 5.74) is -3.74. The van der Waals surface area contributed by atoms with Crippen molar-refractivity contribution in [3.8, 4) is 0 Å². The number of benzene rings is 1. The first-order valence-electron chi connectivity index (χ1n) is 6.40. The monoisotopic (exact) mass is 321 g/mol. The number of hydrogen-bond donors (Lipinski definition) is 0. The molecule has 1 aromatic carbocycles. The Morgan fingerprint density at radius 1 is 0.818 bits per heavy atom. The highest BCUT2D eigenvalue weighted by Gasteiger charge is 2.38. The summed E-state index contributed by atoms with van der Waals surface area (Å²) in [6.45, 7) is 4.92. The Labute approximate surface area is 123 Å². The zero-order valence-electron chi connectivity index (χ0n) is 12.0. The Kier molecular flexibility index (Phi) is 3.66. The lowest BCUT2D eigenvalue weighted by Crippen LogP contribution is -2.18. The van der Waals surface area contributed by atoms with Crippen LogP contribution in [-0.4, -0.2) is 4.98 Å². The van der Waals surface area contributed by atoms with Gasteiger partial charge < -0.3 is 0 Å². The second kappa shape index (κ2) is 4.86.